The molecule has 5 rings (SSSR count). The molecule has 0 atom stereocenters. The lowest BCUT2D eigenvalue weighted by atomic mass is 10.0. The fraction of sp³-hybridized carbons (Fsp3) is 0.0690. The van der Waals surface area contributed by atoms with Crippen LogP contribution in [0.4, 0.5) is 0 Å². The van der Waals surface area contributed by atoms with Gasteiger partial charge in [0.2, 0.25) is 0 Å². The van der Waals surface area contributed by atoms with Crippen molar-refractivity contribution in [1.29, 1.82) is 0 Å². The van der Waals surface area contributed by atoms with Crippen molar-refractivity contribution in [2.24, 2.45) is 0 Å². The second kappa shape index (κ2) is 10.3. The first-order valence-electron chi connectivity index (χ1n) is 11.0. The number of benzene rings is 4. The molecule has 0 spiro atoms. The zero-order valence-electron chi connectivity index (χ0n) is 18.5. The number of fused-ring (bicyclic) bond motifs is 1. The Morgan fingerprint density at radius 1 is 0.686 bits per heavy atom. The highest BCUT2D eigenvalue weighted by Gasteiger charge is 2.16. The predicted molar refractivity (Wildman–Crippen MR) is 139 cm³/mol. The molecule has 0 saturated heterocycles. The van der Waals surface area contributed by atoms with Crippen LogP contribution in [0, 0.1) is 0 Å². The minimum atomic E-state index is -0.461. The van der Waals surface area contributed by atoms with Crippen LogP contribution >= 0.6 is 23.2 Å². The Morgan fingerprint density at radius 2 is 1.29 bits per heavy atom. The zero-order chi connectivity index (χ0) is 24.2. The van der Waals surface area contributed by atoms with Gasteiger partial charge < -0.3 is 13.9 Å². The van der Waals surface area contributed by atoms with Gasteiger partial charge in [-0.3, -0.25) is 0 Å². The summed E-state index contributed by atoms with van der Waals surface area (Å²) in [6.07, 6.45) is 0. The first-order valence-corrected chi connectivity index (χ1v) is 11.7. The van der Waals surface area contributed by atoms with Gasteiger partial charge in [0.15, 0.2) is 0 Å². The summed E-state index contributed by atoms with van der Waals surface area (Å²) in [7, 11) is 0. The normalized spacial score (nSPS) is 10.9. The van der Waals surface area contributed by atoms with Crippen molar-refractivity contribution >= 4 is 34.2 Å². The third kappa shape index (κ3) is 5.19. The molecule has 0 radical (unpaired) electrons. The summed E-state index contributed by atoms with van der Waals surface area (Å²) in [6, 6.07) is 29.6. The number of ether oxygens (including phenoxy) is 2. The molecule has 0 unspecified atom stereocenters. The molecule has 0 aliphatic rings. The number of rotatable bonds is 7. The highest BCUT2D eigenvalue weighted by molar-refractivity contribution is 6.31. The molecule has 0 saturated carbocycles. The maximum absolute atomic E-state index is 12.5. The van der Waals surface area contributed by atoms with Crippen molar-refractivity contribution in [3.8, 4) is 22.6 Å². The lowest BCUT2D eigenvalue weighted by molar-refractivity contribution is 0.292. The molecular formula is C29H20Cl2O4. The van der Waals surface area contributed by atoms with Gasteiger partial charge in [0, 0.05) is 44.9 Å². The van der Waals surface area contributed by atoms with Crippen LogP contribution in [0.15, 0.2) is 106 Å². The van der Waals surface area contributed by atoms with Gasteiger partial charge in [0.25, 0.3) is 0 Å². The first kappa shape index (κ1) is 23.0. The van der Waals surface area contributed by atoms with E-state index in [1.807, 2.05) is 78.9 Å². The fourth-order valence-electron chi connectivity index (χ4n) is 3.83. The first-order chi connectivity index (χ1) is 17.1. The van der Waals surface area contributed by atoms with Gasteiger partial charge in [0.1, 0.15) is 30.3 Å². The summed E-state index contributed by atoms with van der Waals surface area (Å²) in [5.74, 6) is 0.999. The fourth-order valence-corrected chi connectivity index (χ4v) is 4.21. The van der Waals surface area contributed by atoms with E-state index in [-0.39, 0.29) is 13.2 Å². The summed E-state index contributed by atoms with van der Waals surface area (Å²) in [5.41, 5.74) is 3.16. The van der Waals surface area contributed by atoms with Gasteiger partial charge in [-0.2, -0.15) is 0 Å². The molecule has 4 aromatic carbocycles. The highest BCUT2D eigenvalue weighted by Crippen LogP contribution is 2.38. The van der Waals surface area contributed by atoms with E-state index in [0.717, 1.165) is 16.7 Å². The van der Waals surface area contributed by atoms with Crippen molar-refractivity contribution in [1.82, 2.24) is 0 Å². The van der Waals surface area contributed by atoms with Crippen LogP contribution in [0.3, 0.4) is 0 Å². The van der Waals surface area contributed by atoms with Crippen LogP contribution in [0.1, 0.15) is 11.1 Å². The van der Waals surface area contributed by atoms with Gasteiger partial charge >= 0.3 is 5.63 Å². The van der Waals surface area contributed by atoms with Gasteiger partial charge in [-0.1, -0.05) is 89.9 Å². The molecule has 6 heteroatoms. The monoisotopic (exact) mass is 502 g/mol. The summed E-state index contributed by atoms with van der Waals surface area (Å²) < 4.78 is 17.9. The van der Waals surface area contributed by atoms with Gasteiger partial charge in [-0.05, 0) is 17.7 Å². The molecule has 174 valence electrons. The second-order valence-electron chi connectivity index (χ2n) is 7.90. The van der Waals surface area contributed by atoms with Crippen molar-refractivity contribution in [2.45, 2.75) is 13.2 Å². The second-order valence-corrected chi connectivity index (χ2v) is 8.71. The Kier molecular flexibility index (Phi) is 6.75. The van der Waals surface area contributed by atoms with Crippen molar-refractivity contribution in [3.63, 3.8) is 0 Å². The Hall–Kier alpha value is -3.73. The van der Waals surface area contributed by atoms with E-state index in [4.69, 9.17) is 37.1 Å². The zero-order valence-corrected chi connectivity index (χ0v) is 20.1. The van der Waals surface area contributed by atoms with E-state index in [0.29, 0.717) is 38.1 Å². The molecule has 0 bridgehead atoms. The molecule has 5 aromatic rings. The molecule has 35 heavy (non-hydrogen) atoms. The Bertz CT molecular complexity index is 1540. The Balaban J connectivity index is 1.60. The predicted octanol–water partition coefficient (Wildman–Crippen LogP) is 7.92. The Labute approximate surface area is 212 Å². The average molecular weight is 503 g/mol. The summed E-state index contributed by atoms with van der Waals surface area (Å²) >= 11 is 12.6. The van der Waals surface area contributed by atoms with Gasteiger partial charge in [-0.25, -0.2) is 4.79 Å². The highest BCUT2D eigenvalue weighted by atomic mass is 35.5. The van der Waals surface area contributed by atoms with Gasteiger partial charge in [0.05, 0.1) is 5.39 Å². The summed E-state index contributed by atoms with van der Waals surface area (Å²) in [5, 5.41) is 1.90. The molecule has 1 aromatic heterocycles. The standard InChI is InChI=1S/C29H20Cl2O4/c30-24-12-6-4-10-20(24)17-33-22-14-26(34-18-21-11-5-7-13-25(21)31)29-23(19-8-2-1-3-9-19)16-28(32)35-27(29)15-22/h1-16H,17-18H2. The number of hydrogen-bond acceptors (Lipinski definition) is 4. The van der Waals surface area contributed by atoms with E-state index >= 15 is 0 Å². The average Bonchev–Trinajstić information content (AvgIpc) is 2.87. The van der Waals surface area contributed by atoms with Crippen LogP contribution in [-0.2, 0) is 13.2 Å². The van der Waals surface area contributed by atoms with Crippen LogP contribution in [-0.4, -0.2) is 0 Å². The smallest absolute Gasteiger partial charge is 0.336 e. The lowest BCUT2D eigenvalue weighted by Crippen LogP contribution is -2.03. The molecule has 0 aliphatic carbocycles. The van der Waals surface area contributed by atoms with Gasteiger partial charge in [-0.15, -0.1) is 0 Å². The molecule has 0 aliphatic heterocycles. The Morgan fingerprint density at radius 3 is 1.94 bits per heavy atom. The van der Waals surface area contributed by atoms with Crippen LogP contribution in [0.25, 0.3) is 22.1 Å². The maximum atomic E-state index is 12.5. The molecule has 0 amide bonds. The van der Waals surface area contributed by atoms with E-state index in [1.165, 1.54) is 6.07 Å². The third-order valence-corrected chi connectivity index (χ3v) is 6.30. The maximum Gasteiger partial charge on any atom is 0.336 e. The third-order valence-electron chi connectivity index (χ3n) is 5.56. The topological polar surface area (TPSA) is 48.7 Å². The molecule has 4 nitrogen and oxygen atoms in total. The van der Waals surface area contributed by atoms with Crippen LogP contribution < -0.4 is 15.1 Å². The summed E-state index contributed by atoms with van der Waals surface area (Å²) in [4.78, 5) is 12.5. The largest absolute Gasteiger partial charge is 0.489 e. The molecule has 1 heterocycles. The van der Waals surface area contributed by atoms with Crippen molar-refractivity contribution in [2.75, 3.05) is 0 Å². The van der Waals surface area contributed by atoms with Crippen molar-refractivity contribution < 1.29 is 13.9 Å². The number of halogens is 2. The molecule has 0 fully saturated rings. The number of hydrogen-bond donors (Lipinski definition) is 0. The molecular weight excluding hydrogens is 483 g/mol. The van der Waals surface area contributed by atoms with Crippen molar-refractivity contribution in [3.05, 3.63) is 129 Å². The lowest BCUT2D eigenvalue weighted by Gasteiger charge is -2.15. The van der Waals surface area contributed by atoms with Crippen LogP contribution in [0.5, 0.6) is 11.5 Å². The van der Waals surface area contributed by atoms with E-state index in [1.54, 1.807) is 12.1 Å². The summed E-state index contributed by atoms with van der Waals surface area (Å²) in [6.45, 7) is 0.480. The molecule has 0 N–H and O–H groups in total. The minimum absolute atomic E-state index is 0.232. The van der Waals surface area contributed by atoms with E-state index < -0.39 is 5.63 Å². The quantitative estimate of drug-likeness (QED) is 0.212. The van der Waals surface area contributed by atoms with E-state index in [9.17, 15) is 4.79 Å². The van der Waals surface area contributed by atoms with Crippen LogP contribution in [0.2, 0.25) is 10.0 Å². The minimum Gasteiger partial charge on any atom is -0.489 e. The SMILES string of the molecule is O=c1cc(-c2ccccc2)c2c(OCc3ccccc3Cl)cc(OCc3ccccc3Cl)cc2o1. The van der Waals surface area contributed by atoms with E-state index in [2.05, 4.69) is 0 Å².